The molecule has 9 heteroatoms. The number of para-hydroxylation sites is 2. The molecule has 0 aliphatic rings. The van der Waals surface area contributed by atoms with Crippen LogP contribution in [0.25, 0.3) is 0 Å². The number of benzene rings is 1. The first-order chi connectivity index (χ1) is 14.0. The molecule has 1 N–H and O–H groups in total. The third-order valence-electron chi connectivity index (χ3n) is 3.26. The highest BCUT2D eigenvalue weighted by atomic mass is 16.6. The number of amides is 1. The van der Waals surface area contributed by atoms with Crippen LogP contribution in [0.3, 0.4) is 0 Å². The summed E-state index contributed by atoms with van der Waals surface area (Å²) in [5.41, 5.74) is 0. The molecule has 1 aromatic carbocycles. The van der Waals surface area contributed by atoms with Crippen molar-refractivity contribution in [2.24, 2.45) is 0 Å². The van der Waals surface area contributed by atoms with Crippen LogP contribution in [0, 0.1) is 0 Å². The van der Waals surface area contributed by atoms with Crippen molar-refractivity contribution in [1.82, 2.24) is 5.32 Å². The molecule has 0 radical (unpaired) electrons. The largest absolute Gasteiger partial charge is 0.493 e. The summed E-state index contributed by atoms with van der Waals surface area (Å²) in [7, 11) is 1.50. The zero-order valence-electron chi connectivity index (χ0n) is 16.4. The van der Waals surface area contributed by atoms with E-state index in [1.165, 1.54) is 13.2 Å². The van der Waals surface area contributed by atoms with Gasteiger partial charge in [-0.25, -0.2) is 14.4 Å². The maximum atomic E-state index is 11.7. The smallest absolute Gasteiger partial charge is 0.407 e. The first-order valence-corrected chi connectivity index (χ1v) is 8.79. The monoisotopic (exact) mass is 407 g/mol. The molecular weight excluding hydrogens is 382 g/mol. The molecule has 9 nitrogen and oxygen atoms in total. The van der Waals surface area contributed by atoms with Crippen molar-refractivity contribution >= 4 is 18.0 Å². The molecule has 0 saturated heterocycles. The number of allylic oxidation sites excluding steroid dienone is 1. The molecule has 0 heterocycles. The third kappa shape index (κ3) is 9.85. The number of ether oxygens (including phenoxy) is 5. The van der Waals surface area contributed by atoms with E-state index < -0.39 is 24.1 Å². The highest BCUT2D eigenvalue weighted by molar-refractivity contribution is 5.82. The van der Waals surface area contributed by atoms with Crippen LogP contribution < -0.4 is 14.8 Å². The maximum Gasteiger partial charge on any atom is 0.407 e. The Kier molecular flexibility index (Phi) is 11.1. The lowest BCUT2D eigenvalue weighted by Crippen LogP contribution is -2.34. The van der Waals surface area contributed by atoms with E-state index in [-0.39, 0.29) is 26.4 Å². The Morgan fingerprint density at radius 1 is 1.10 bits per heavy atom. The third-order valence-corrected chi connectivity index (χ3v) is 3.26. The lowest BCUT2D eigenvalue weighted by molar-refractivity contribution is -0.146. The Bertz CT molecular complexity index is 716. The van der Waals surface area contributed by atoms with Crippen molar-refractivity contribution in [2.75, 3.05) is 33.5 Å². The number of nitrogens with one attached hydrogen (secondary N) is 1. The first kappa shape index (κ1) is 23.5. The molecule has 0 aliphatic carbocycles. The molecule has 0 fully saturated rings. The maximum absolute atomic E-state index is 11.7. The van der Waals surface area contributed by atoms with Gasteiger partial charge in [-0.05, 0) is 19.1 Å². The van der Waals surface area contributed by atoms with Crippen molar-refractivity contribution in [3.8, 4) is 11.5 Å². The molecule has 1 atom stereocenters. The summed E-state index contributed by atoms with van der Waals surface area (Å²) >= 11 is 0. The van der Waals surface area contributed by atoms with E-state index >= 15 is 0 Å². The van der Waals surface area contributed by atoms with Gasteiger partial charge in [-0.2, -0.15) is 0 Å². The summed E-state index contributed by atoms with van der Waals surface area (Å²) in [6, 6.07) is 6.95. The minimum Gasteiger partial charge on any atom is -0.493 e. The van der Waals surface area contributed by atoms with Gasteiger partial charge in [0, 0.05) is 12.2 Å². The van der Waals surface area contributed by atoms with E-state index in [0.717, 1.165) is 6.08 Å². The number of methoxy groups -OCH3 is 1. The Morgan fingerprint density at radius 3 is 2.48 bits per heavy atom. The van der Waals surface area contributed by atoms with Crippen LogP contribution in [0.2, 0.25) is 0 Å². The molecule has 1 unspecified atom stereocenters. The van der Waals surface area contributed by atoms with Crippen molar-refractivity contribution in [1.29, 1.82) is 0 Å². The number of rotatable bonds is 12. The average Bonchev–Trinajstić information content (AvgIpc) is 2.73. The van der Waals surface area contributed by atoms with Crippen molar-refractivity contribution < 1.29 is 38.1 Å². The first-order valence-electron chi connectivity index (χ1n) is 8.79. The number of esters is 2. The van der Waals surface area contributed by atoms with Gasteiger partial charge in [0.2, 0.25) is 0 Å². The Morgan fingerprint density at radius 2 is 1.83 bits per heavy atom. The fraction of sp³-hybridized carbons (Fsp3) is 0.350. The Hall–Kier alpha value is -3.49. The number of carbonyl (C=O) groups excluding carboxylic acids is 3. The molecule has 158 valence electrons. The predicted octanol–water partition coefficient (Wildman–Crippen LogP) is 2.02. The van der Waals surface area contributed by atoms with Gasteiger partial charge >= 0.3 is 18.0 Å². The van der Waals surface area contributed by atoms with E-state index in [9.17, 15) is 14.4 Å². The second-order valence-corrected chi connectivity index (χ2v) is 5.42. The summed E-state index contributed by atoms with van der Waals surface area (Å²) < 4.78 is 25.8. The van der Waals surface area contributed by atoms with Crippen LogP contribution >= 0.6 is 0 Å². The van der Waals surface area contributed by atoms with Crippen LogP contribution in [0.4, 0.5) is 4.79 Å². The topological polar surface area (TPSA) is 109 Å². The van der Waals surface area contributed by atoms with Gasteiger partial charge < -0.3 is 29.0 Å². The van der Waals surface area contributed by atoms with Crippen LogP contribution in [0.1, 0.15) is 6.92 Å². The Balaban J connectivity index is 2.47. The van der Waals surface area contributed by atoms with Gasteiger partial charge in [-0.15, -0.1) is 0 Å². The summed E-state index contributed by atoms with van der Waals surface area (Å²) in [6.07, 6.45) is 2.17. The normalized spacial score (nSPS) is 11.2. The van der Waals surface area contributed by atoms with Crippen LogP contribution in [-0.4, -0.2) is 57.6 Å². The fourth-order valence-corrected chi connectivity index (χ4v) is 1.96. The van der Waals surface area contributed by atoms with E-state index in [1.807, 2.05) is 0 Å². The number of hydrogen-bond donors (Lipinski definition) is 1. The van der Waals surface area contributed by atoms with Gasteiger partial charge in [0.05, 0.1) is 13.7 Å². The van der Waals surface area contributed by atoms with E-state index in [1.54, 1.807) is 37.3 Å². The standard InChI is InChI=1S/C20H25NO8/c1-4-8-19(23)26-12-11-21-20(24)28-14-15(29-18(22)5-2)13-27-17-10-7-6-9-16(17)25-3/h4-10,15H,2,11-14H2,1,3H3,(H,21,24). The lowest BCUT2D eigenvalue weighted by atomic mass is 10.3. The number of hydrogen-bond acceptors (Lipinski definition) is 8. The van der Waals surface area contributed by atoms with Crippen LogP contribution in [-0.2, 0) is 23.8 Å². The second kappa shape index (κ2) is 13.6. The van der Waals surface area contributed by atoms with E-state index in [2.05, 4.69) is 11.9 Å². The Labute approximate surface area is 169 Å². The molecule has 0 saturated carbocycles. The summed E-state index contributed by atoms with van der Waals surface area (Å²) in [4.78, 5) is 34.4. The van der Waals surface area contributed by atoms with Gasteiger partial charge in [-0.1, -0.05) is 24.8 Å². The van der Waals surface area contributed by atoms with Crippen LogP contribution in [0.5, 0.6) is 11.5 Å². The minimum absolute atomic E-state index is 0.00986. The summed E-state index contributed by atoms with van der Waals surface area (Å²) in [5, 5.41) is 2.41. The number of carbonyl (C=O) groups is 3. The molecule has 1 rings (SSSR count). The van der Waals surface area contributed by atoms with Crippen molar-refractivity contribution in [2.45, 2.75) is 13.0 Å². The van der Waals surface area contributed by atoms with E-state index in [0.29, 0.717) is 11.5 Å². The molecule has 0 aliphatic heterocycles. The molecule has 0 spiro atoms. The lowest BCUT2D eigenvalue weighted by Gasteiger charge is -2.19. The second-order valence-electron chi connectivity index (χ2n) is 5.42. The number of alkyl carbamates (subject to hydrolysis) is 1. The quantitative estimate of drug-likeness (QED) is 0.243. The molecule has 0 aromatic heterocycles. The fourth-order valence-electron chi connectivity index (χ4n) is 1.96. The predicted molar refractivity (Wildman–Crippen MR) is 104 cm³/mol. The van der Waals surface area contributed by atoms with E-state index in [4.69, 9.17) is 23.7 Å². The minimum atomic E-state index is -0.872. The highest BCUT2D eigenvalue weighted by Crippen LogP contribution is 2.25. The van der Waals surface area contributed by atoms with Gasteiger partial charge in [0.15, 0.2) is 17.6 Å². The van der Waals surface area contributed by atoms with Gasteiger partial charge in [0.25, 0.3) is 0 Å². The van der Waals surface area contributed by atoms with Gasteiger partial charge in [-0.3, -0.25) is 0 Å². The SMILES string of the molecule is C=CC(=O)OC(COC(=O)NCCOC(=O)C=CC)COc1ccccc1OC. The van der Waals surface area contributed by atoms with Gasteiger partial charge in [0.1, 0.15) is 19.8 Å². The zero-order valence-corrected chi connectivity index (χ0v) is 16.4. The molecule has 1 amide bonds. The summed E-state index contributed by atoms with van der Waals surface area (Å²) in [6.45, 7) is 4.75. The molecule has 0 bridgehead atoms. The highest BCUT2D eigenvalue weighted by Gasteiger charge is 2.18. The van der Waals surface area contributed by atoms with Crippen molar-refractivity contribution in [3.05, 3.63) is 49.1 Å². The van der Waals surface area contributed by atoms with Crippen LogP contribution in [0.15, 0.2) is 49.1 Å². The molecular formula is C20H25NO8. The zero-order chi connectivity index (χ0) is 21.5. The average molecular weight is 407 g/mol. The molecule has 29 heavy (non-hydrogen) atoms. The summed E-state index contributed by atoms with van der Waals surface area (Å²) in [5.74, 6) is -0.236. The molecule has 1 aromatic rings. The van der Waals surface area contributed by atoms with Crippen molar-refractivity contribution in [3.63, 3.8) is 0 Å².